The van der Waals surface area contributed by atoms with Crippen molar-refractivity contribution in [1.82, 2.24) is 15.3 Å². The summed E-state index contributed by atoms with van der Waals surface area (Å²) < 4.78 is 0. The van der Waals surface area contributed by atoms with E-state index in [1.807, 2.05) is 60.5 Å². The summed E-state index contributed by atoms with van der Waals surface area (Å²) in [4.78, 5) is 22.7. The lowest BCUT2D eigenvalue weighted by molar-refractivity contribution is 0.0946. The molecular formula is C20H20N4O. The van der Waals surface area contributed by atoms with Gasteiger partial charge in [-0.3, -0.25) is 4.79 Å². The van der Waals surface area contributed by atoms with Crippen LogP contribution < -0.4 is 10.2 Å². The Morgan fingerprint density at radius 1 is 0.960 bits per heavy atom. The van der Waals surface area contributed by atoms with Crippen LogP contribution in [0.5, 0.6) is 0 Å². The number of rotatable bonds is 6. The molecule has 0 saturated carbocycles. The predicted octanol–water partition coefficient (Wildman–Crippen LogP) is 3.04. The third-order valence-electron chi connectivity index (χ3n) is 3.83. The molecule has 3 rings (SSSR count). The Bertz CT molecular complexity index is 821. The van der Waals surface area contributed by atoms with E-state index >= 15 is 0 Å². The molecule has 0 spiro atoms. The minimum absolute atomic E-state index is 0.208. The van der Waals surface area contributed by atoms with Crippen LogP contribution in [0, 0.1) is 0 Å². The van der Waals surface area contributed by atoms with Crippen molar-refractivity contribution < 1.29 is 4.79 Å². The van der Waals surface area contributed by atoms with Crippen LogP contribution in [0.25, 0.3) is 0 Å². The molecular weight excluding hydrogens is 312 g/mol. The van der Waals surface area contributed by atoms with Crippen molar-refractivity contribution in [3.05, 3.63) is 89.9 Å². The van der Waals surface area contributed by atoms with Crippen LogP contribution in [0.1, 0.15) is 21.6 Å². The second kappa shape index (κ2) is 8.06. The lowest BCUT2D eigenvalue weighted by Gasteiger charge is -2.18. The summed E-state index contributed by atoms with van der Waals surface area (Å²) in [5, 5.41) is 2.88. The minimum Gasteiger partial charge on any atom is -0.355 e. The quantitative estimate of drug-likeness (QED) is 0.754. The van der Waals surface area contributed by atoms with E-state index in [2.05, 4.69) is 27.4 Å². The van der Waals surface area contributed by atoms with Crippen molar-refractivity contribution in [3.63, 3.8) is 0 Å². The van der Waals surface area contributed by atoms with E-state index in [1.165, 1.54) is 11.9 Å². The molecule has 25 heavy (non-hydrogen) atoms. The number of hydrogen-bond donors (Lipinski definition) is 1. The molecule has 0 saturated heterocycles. The van der Waals surface area contributed by atoms with Gasteiger partial charge < -0.3 is 10.2 Å². The van der Waals surface area contributed by atoms with Gasteiger partial charge in [0.1, 0.15) is 17.8 Å². The summed E-state index contributed by atoms with van der Waals surface area (Å²) in [6, 6.07) is 21.6. The number of nitrogens with zero attached hydrogens (tertiary/aromatic N) is 3. The molecule has 2 aromatic carbocycles. The molecule has 3 aromatic rings. The van der Waals surface area contributed by atoms with Crippen molar-refractivity contribution >= 4 is 11.7 Å². The zero-order valence-electron chi connectivity index (χ0n) is 14.1. The zero-order valence-corrected chi connectivity index (χ0v) is 14.1. The number of anilines is 1. The molecule has 0 fully saturated rings. The van der Waals surface area contributed by atoms with E-state index in [4.69, 9.17) is 0 Å². The minimum atomic E-state index is -0.208. The Hall–Kier alpha value is -3.21. The molecule has 0 aliphatic heterocycles. The Morgan fingerprint density at radius 2 is 1.60 bits per heavy atom. The van der Waals surface area contributed by atoms with E-state index in [9.17, 15) is 4.79 Å². The Kier molecular flexibility index (Phi) is 5.36. The van der Waals surface area contributed by atoms with Crippen molar-refractivity contribution in [3.8, 4) is 0 Å². The van der Waals surface area contributed by atoms with Gasteiger partial charge in [-0.2, -0.15) is 0 Å². The van der Waals surface area contributed by atoms with E-state index < -0.39 is 0 Å². The number of aromatic nitrogens is 2. The highest BCUT2D eigenvalue weighted by atomic mass is 16.1. The van der Waals surface area contributed by atoms with Gasteiger partial charge in [0.05, 0.1) is 0 Å². The molecule has 0 aliphatic carbocycles. The van der Waals surface area contributed by atoms with E-state index in [1.54, 1.807) is 6.07 Å². The number of carbonyl (C=O) groups is 1. The van der Waals surface area contributed by atoms with E-state index in [0.29, 0.717) is 24.6 Å². The maximum absolute atomic E-state index is 12.3. The largest absolute Gasteiger partial charge is 0.355 e. The second-order valence-electron chi connectivity index (χ2n) is 5.77. The van der Waals surface area contributed by atoms with Gasteiger partial charge in [-0.25, -0.2) is 9.97 Å². The summed E-state index contributed by atoms with van der Waals surface area (Å²) in [5.74, 6) is 0.504. The maximum atomic E-state index is 12.3. The molecule has 126 valence electrons. The van der Waals surface area contributed by atoms with Crippen LogP contribution >= 0.6 is 0 Å². The molecule has 0 bridgehead atoms. The van der Waals surface area contributed by atoms with Crippen LogP contribution in [-0.2, 0) is 13.1 Å². The van der Waals surface area contributed by atoms with Gasteiger partial charge in [0.2, 0.25) is 0 Å². The average Bonchev–Trinajstić information content (AvgIpc) is 2.68. The highest BCUT2D eigenvalue weighted by molar-refractivity contribution is 5.92. The van der Waals surface area contributed by atoms with Gasteiger partial charge in [0, 0.05) is 26.2 Å². The maximum Gasteiger partial charge on any atom is 0.270 e. The molecule has 0 atom stereocenters. The summed E-state index contributed by atoms with van der Waals surface area (Å²) >= 11 is 0. The zero-order chi connectivity index (χ0) is 17.5. The van der Waals surface area contributed by atoms with Gasteiger partial charge >= 0.3 is 0 Å². The smallest absolute Gasteiger partial charge is 0.270 e. The monoisotopic (exact) mass is 332 g/mol. The molecule has 0 aliphatic rings. The first-order valence-electron chi connectivity index (χ1n) is 8.11. The summed E-state index contributed by atoms with van der Waals surface area (Å²) in [6.45, 7) is 1.18. The standard InChI is InChI=1S/C20H20N4O/c1-24(14-17-10-6-3-7-11-17)19-12-18(22-15-23-19)20(25)21-13-16-8-4-2-5-9-16/h2-12,15H,13-14H2,1H3,(H,21,25). The van der Waals surface area contributed by atoms with E-state index in [0.717, 1.165) is 5.56 Å². The van der Waals surface area contributed by atoms with Crippen molar-refractivity contribution in [1.29, 1.82) is 0 Å². The molecule has 5 heteroatoms. The first kappa shape index (κ1) is 16.6. The normalized spacial score (nSPS) is 10.3. The SMILES string of the molecule is CN(Cc1ccccc1)c1cc(C(=O)NCc2ccccc2)ncn1. The van der Waals surface area contributed by atoms with Crippen molar-refractivity contribution in [2.24, 2.45) is 0 Å². The van der Waals surface area contributed by atoms with Gasteiger partial charge in [-0.15, -0.1) is 0 Å². The average molecular weight is 332 g/mol. The Labute approximate surface area is 147 Å². The highest BCUT2D eigenvalue weighted by Crippen LogP contribution is 2.13. The molecule has 1 heterocycles. The van der Waals surface area contributed by atoms with Crippen LogP contribution in [0.15, 0.2) is 73.1 Å². The first-order valence-corrected chi connectivity index (χ1v) is 8.11. The van der Waals surface area contributed by atoms with Crippen LogP contribution in [0.3, 0.4) is 0 Å². The van der Waals surface area contributed by atoms with Gasteiger partial charge in [0.25, 0.3) is 5.91 Å². The fraction of sp³-hybridized carbons (Fsp3) is 0.150. The number of amides is 1. The summed E-state index contributed by atoms with van der Waals surface area (Å²) in [7, 11) is 1.95. The Morgan fingerprint density at radius 3 is 2.28 bits per heavy atom. The number of nitrogens with one attached hydrogen (secondary N) is 1. The topological polar surface area (TPSA) is 58.1 Å². The highest BCUT2D eigenvalue weighted by Gasteiger charge is 2.11. The van der Waals surface area contributed by atoms with Crippen LogP contribution in [0.4, 0.5) is 5.82 Å². The molecule has 0 unspecified atom stereocenters. The van der Waals surface area contributed by atoms with Crippen molar-refractivity contribution in [2.45, 2.75) is 13.1 Å². The fourth-order valence-corrected chi connectivity index (χ4v) is 2.49. The lowest BCUT2D eigenvalue weighted by Crippen LogP contribution is -2.25. The number of carbonyl (C=O) groups excluding carboxylic acids is 1. The third kappa shape index (κ3) is 4.64. The molecule has 1 aromatic heterocycles. The van der Waals surface area contributed by atoms with Gasteiger partial charge in [-0.1, -0.05) is 60.7 Å². The number of benzene rings is 2. The summed E-state index contributed by atoms with van der Waals surface area (Å²) in [5.41, 5.74) is 2.59. The van der Waals surface area contributed by atoms with Crippen LogP contribution in [0.2, 0.25) is 0 Å². The second-order valence-corrected chi connectivity index (χ2v) is 5.77. The lowest BCUT2D eigenvalue weighted by atomic mass is 10.2. The third-order valence-corrected chi connectivity index (χ3v) is 3.83. The van der Waals surface area contributed by atoms with Gasteiger partial charge in [0.15, 0.2) is 0 Å². The summed E-state index contributed by atoms with van der Waals surface area (Å²) in [6.07, 6.45) is 1.42. The molecule has 0 radical (unpaired) electrons. The molecule has 1 amide bonds. The number of hydrogen-bond acceptors (Lipinski definition) is 4. The van der Waals surface area contributed by atoms with Gasteiger partial charge in [-0.05, 0) is 11.1 Å². The predicted molar refractivity (Wildman–Crippen MR) is 98.2 cm³/mol. The van der Waals surface area contributed by atoms with Crippen molar-refractivity contribution in [2.75, 3.05) is 11.9 Å². The first-order chi connectivity index (χ1) is 12.2. The molecule has 5 nitrogen and oxygen atoms in total. The van der Waals surface area contributed by atoms with E-state index in [-0.39, 0.29) is 5.91 Å². The van der Waals surface area contributed by atoms with Crippen LogP contribution in [-0.4, -0.2) is 22.9 Å². The Balaban J connectivity index is 1.65. The molecule has 1 N–H and O–H groups in total. The fourth-order valence-electron chi connectivity index (χ4n) is 2.49.